The van der Waals surface area contributed by atoms with E-state index in [-0.39, 0.29) is 23.0 Å². The summed E-state index contributed by atoms with van der Waals surface area (Å²) >= 11 is 0. The number of morpholine rings is 1. The molecule has 2 saturated heterocycles. The third kappa shape index (κ3) is 5.07. The third-order valence-corrected chi connectivity index (χ3v) is 6.90. The van der Waals surface area contributed by atoms with Gasteiger partial charge in [0.2, 0.25) is 10.0 Å². The molecule has 1 aromatic rings. The van der Waals surface area contributed by atoms with E-state index in [1.165, 1.54) is 29.3 Å². The highest BCUT2D eigenvalue weighted by molar-refractivity contribution is 7.89. The molecule has 2 atom stereocenters. The van der Waals surface area contributed by atoms with Crippen molar-refractivity contribution in [2.24, 2.45) is 0 Å². The Labute approximate surface area is 161 Å². The number of carbonyl (C=O) groups excluding carboxylic acids is 1. The standard InChI is InChI=1S/C19H29N3O4S/c1-15-13-22(14-16(2)26-15)27(24,25)18-7-5-17(6-8-18)19(23)20-9-12-21-10-3-4-11-21/h5-8,15-16H,3-4,9-14H2,1-2H3,(H,20,23)/t15-,16-/m0/s1. The van der Waals surface area contributed by atoms with Gasteiger partial charge in [-0.2, -0.15) is 4.31 Å². The van der Waals surface area contributed by atoms with Crippen molar-refractivity contribution in [1.82, 2.24) is 14.5 Å². The molecule has 0 spiro atoms. The summed E-state index contributed by atoms with van der Waals surface area (Å²) in [6, 6.07) is 6.17. The molecule has 0 radical (unpaired) electrons. The lowest BCUT2D eigenvalue weighted by atomic mass is 10.2. The van der Waals surface area contributed by atoms with Crippen LogP contribution in [0.4, 0.5) is 0 Å². The predicted octanol–water partition coefficient (Wildman–Crippen LogP) is 1.31. The molecule has 7 nitrogen and oxygen atoms in total. The quantitative estimate of drug-likeness (QED) is 0.786. The highest BCUT2D eigenvalue weighted by Crippen LogP contribution is 2.21. The van der Waals surface area contributed by atoms with Crippen LogP contribution in [0, 0.1) is 0 Å². The number of carbonyl (C=O) groups is 1. The number of sulfonamides is 1. The van der Waals surface area contributed by atoms with Crippen LogP contribution in [0.3, 0.4) is 0 Å². The zero-order valence-electron chi connectivity index (χ0n) is 16.1. The molecule has 2 aliphatic heterocycles. The summed E-state index contributed by atoms with van der Waals surface area (Å²) in [4.78, 5) is 14.8. The van der Waals surface area contributed by atoms with Gasteiger partial charge in [0.05, 0.1) is 17.1 Å². The topological polar surface area (TPSA) is 79.0 Å². The van der Waals surface area contributed by atoms with Crippen LogP contribution in [0.15, 0.2) is 29.2 Å². The molecule has 1 N–H and O–H groups in total. The number of rotatable bonds is 6. The van der Waals surface area contributed by atoms with Crippen LogP contribution in [-0.2, 0) is 14.8 Å². The fourth-order valence-corrected chi connectivity index (χ4v) is 5.28. The number of benzene rings is 1. The molecule has 1 amide bonds. The summed E-state index contributed by atoms with van der Waals surface area (Å²) < 4.78 is 32.8. The zero-order valence-corrected chi connectivity index (χ0v) is 16.9. The molecule has 2 heterocycles. The van der Waals surface area contributed by atoms with Crippen molar-refractivity contribution in [3.63, 3.8) is 0 Å². The molecule has 0 bridgehead atoms. The molecule has 27 heavy (non-hydrogen) atoms. The Morgan fingerprint density at radius 2 is 1.70 bits per heavy atom. The predicted molar refractivity (Wildman–Crippen MR) is 103 cm³/mol. The SMILES string of the molecule is C[C@H]1CN(S(=O)(=O)c2ccc(C(=O)NCCN3CCCC3)cc2)C[C@H](C)O1. The molecule has 0 aliphatic carbocycles. The molecule has 2 fully saturated rings. The number of nitrogens with zero attached hydrogens (tertiary/aromatic N) is 2. The first-order valence-electron chi connectivity index (χ1n) is 9.62. The highest BCUT2D eigenvalue weighted by Gasteiger charge is 2.32. The van der Waals surface area contributed by atoms with E-state index in [9.17, 15) is 13.2 Å². The number of amides is 1. The Morgan fingerprint density at radius 1 is 1.11 bits per heavy atom. The van der Waals surface area contributed by atoms with Crippen LogP contribution >= 0.6 is 0 Å². The van der Waals surface area contributed by atoms with Gasteiger partial charge < -0.3 is 15.0 Å². The second-order valence-corrected chi connectivity index (χ2v) is 9.35. The Balaban J connectivity index is 1.59. The maximum Gasteiger partial charge on any atom is 0.251 e. The first-order valence-corrected chi connectivity index (χ1v) is 11.1. The van der Waals surface area contributed by atoms with Gasteiger partial charge in [-0.3, -0.25) is 4.79 Å². The Morgan fingerprint density at radius 3 is 2.30 bits per heavy atom. The lowest BCUT2D eigenvalue weighted by molar-refractivity contribution is -0.0440. The van der Waals surface area contributed by atoms with Crippen molar-refractivity contribution in [1.29, 1.82) is 0 Å². The Hall–Kier alpha value is -1.48. The summed E-state index contributed by atoms with van der Waals surface area (Å²) in [5, 5.41) is 2.90. The lowest BCUT2D eigenvalue weighted by Gasteiger charge is -2.34. The van der Waals surface area contributed by atoms with Crippen molar-refractivity contribution < 1.29 is 17.9 Å². The maximum atomic E-state index is 12.8. The average Bonchev–Trinajstić information content (AvgIpc) is 3.14. The molecule has 150 valence electrons. The van der Waals surface area contributed by atoms with Gasteiger partial charge in [-0.15, -0.1) is 0 Å². The summed E-state index contributed by atoms with van der Waals surface area (Å²) in [5.74, 6) is -0.174. The van der Waals surface area contributed by atoms with E-state index < -0.39 is 10.0 Å². The fourth-order valence-electron chi connectivity index (χ4n) is 3.69. The summed E-state index contributed by atoms with van der Waals surface area (Å²) in [5.41, 5.74) is 0.471. The maximum absolute atomic E-state index is 12.8. The van der Waals surface area contributed by atoms with Crippen molar-refractivity contribution in [3.05, 3.63) is 29.8 Å². The molecular formula is C19H29N3O4S. The monoisotopic (exact) mass is 395 g/mol. The van der Waals surface area contributed by atoms with Crippen LogP contribution in [-0.4, -0.2) is 75.0 Å². The number of nitrogens with one attached hydrogen (secondary N) is 1. The highest BCUT2D eigenvalue weighted by atomic mass is 32.2. The third-order valence-electron chi connectivity index (χ3n) is 5.05. The summed E-state index contributed by atoms with van der Waals surface area (Å²) in [7, 11) is -3.58. The molecule has 3 rings (SSSR count). The minimum Gasteiger partial charge on any atom is -0.373 e. The first-order chi connectivity index (χ1) is 12.9. The first kappa shape index (κ1) is 20.3. The van der Waals surface area contributed by atoms with Crippen molar-refractivity contribution in [2.45, 2.75) is 43.8 Å². The Kier molecular flexibility index (Phi) is 6.52. The second-order valence-electron chi connectivity index (χ2n) is 7.41. The second kappa shape index (κ2) is 8.68. The van der Waals surface area contributed by atoms with Crippen molar-refractivity contribution >= 4 is 15.9 Å². The zero-order chi connectivity index (χ0) is 19.4. The normalized spacial score (nSPS) is 24.8. The summed E-state index contributed by atoms with van der Waals surface area (Å²) in [6.45, 7) is 8.06. The van der Waals surface area contributed by atoms with E-state index in [4.69, 9.17) is 4.74 Å². The van der Waals surface area contributed by atoms with E-state index in [0.29, 0.717) is 25.2 Å². The van der Waals surface area contributed by atoms with Crippen LogP contribution in [0.25, 0.3) is 0 Å². The smallest absolute Gasteiger partial charge is 0.251 e. The molecule has 0 unspecified atom stereocenters. The number of hydrogen-bond acceptors (Lipinski definition) is 5. The minimum atomic E-state index is -3.58. The van der Waals surface area contributed by atoms with Crippen LogP contribution in [0.1, 0.15) is 37.0 Å². The molecule has 1 aromatic carbocycles. The summed E-state index contributed by atoms with van der Waals surface area (Å²) in [6.07, 6.45) is 2.18. The number of ether oxygens (including phenoxy) is 1. The minimum absolute atomic E-state index is 0.135. The number of likely N-dealkylation sites (tertiary alicyclic amines) is 1. The van der Waals surface area contributed by atoms with Gasteiger partial charge >= 0.3 is 0 Å². The largest absolute Gasteiger partial charge is 0.373 e. The van der Waals surface area contributed by atoms with Gasteiger partial charge in [-0.1, -0.05) is 0 Å². The van der Waals surface area contributed by atoms with Gasteiger partial charge in [-0.25, -0.2) is 8.42 Å². The van der Waals surface area contributed by atoms with E-state index in [0.717, 1.165) is 19.6 Å². The van der Waals surface area contributed by atoms with Gasteiger partial charge in [0.25, 0.3) is 5.91 Å². The van der Waals surface area contributed by atoms with Gasteiger partial charge in [0, 0.05) is 31.7 Å². The van der Waals surface area contributed by atoms with Crippen molar-refractivity contribution in [2.75, 3.05) is 39.3 Å². The molecule has 0 saturated carbocycles. The van der Waals surface area contributed by atoms with Gasteiger partial charge in [0.15, 0.2) is 0 Å². The van der Waals surface area contributed by atoms with Crippen LogP contribution in [0.5, 0.6) is 0 Å². The van der Waals surface area contributed by atoms with Crippen molar-refractivity contribution in [3.8, 4) is 0 Å². The van der Waals surface area contributed by atoms with Crippen LogP contribution < -0.4 is 5.32 Å². The van der Waals surface area contributed by atoms with Gasteiger partial charge in [0.1, 0.15) is 0 Å². The van der Waals surface area contributed by atoms with E-state index >= 15 is 0 Å². The van der Waals surface area contributed by atoms with E-state index in [2.05, 4.69) is 10.2 Å². The van der Waals surface area contributed by atoms with Gasteiger partial charge in [-0.05, 0) is 64.0 Å². The molecule has 2 aliphatic rings. The fraction of sp³-hybridized carbons (Fsp3) is 0.632. The van der Waals surface area contributed by atoms with E-state index in [1.807, 2.05) is 13.8 Å². The lowest BCUT2D eigenvalue weighted by Crippen LogP contribution is -2.48. The van der Waals surface area contributed by atoms with E-state index in [1.54, 1.807) is 12.1 Å². The molecule has 8 heteroatoms. The number of hydrogen-bond donors (Lipinski definition) is 1. The molecular weight excluding hydrogens is 366 g/mol. The average molecular weight is 396 g/mol. The molecule has 0 aromatic heterocycles. The Bertz CT molecular complexity index is 735. The van der Waals surface area contributed by atoms with Crippen LogP contribution in [0.2, 0.25) is 0 Å².